The molecule has 1 aliphatic heterocycles. The normalized spacial score (nSPS) is 20.8. The van der Waals surface area contributed by atoms with E-state index in [1.54, 1.807) is 0 Å². The van der Waals surface area contributed by atoms with Gasteiger partial charge in [-0.1, -0.05) is 30.4 Å². The molecule has 3 nitrogen and oxygen atoms in total. The lowest BCUT2D eigenvalue weighted by Crippen LogP contribution is -2.48. The summed E-state index contributed by atoms with van der Waals surface area (Å²) < 4.78 is 5.52. The first-order chi connectivity index (χ1) is 8.75. The maximum Gasteiger partial charge on any atom is 0.120 e. The highest BCUT2D eigenvalue weighted by Crippen LogP contribution is 2.17. The van der Waals surface area contributed by atoms with Crippen molar-refractivity contribution in [1.82, 2.24) is 4.90 Å². The van der Waals surface area contributed by atoms with Crippen LogP contribution in [-0.4, -0.2) is 48.0 Å². The Morgan fingerprint density at radius 3 is 2.94 bits per heavy atom. The second-order valence-corrected chi connectivity index (χ2v) is 5.86. The zero-order chi connectivity index (χ0) is 12.8. The lowest BCUT2D eigenvalue weighted by molar-refractivity contribution is 0.00989. The second kappa shape index (κ2) is 7.09. The van der Waals surface area contributed by atoms with E-state index in [0.29, 0.717) is 4.99 Å². The Labute approximate surface area is 118 Å². The van der Waals surface area contributed by atoms with E-state index in [-0.39, 0.29) is 6.10 Å². The van der Waals surface area contributed by atoms with Crippen LogP contribution in [0.25, 0.3) is 0 Å². The summed E-state index contributed by atoms with van der Waals surface area (Å²) in [5.41, 5.74) is 5.62. The first-order valence-electron chi connectivity index (χ1n) is 6.07. The number of hydrogen-bond donors (Lipinski definition) is 1. The van der Waals surface area contributed by atoms with Crippen molar-refractivity contribution in [2.24, 2.45) is 5.73 Å². The van der Waals surface area contributed by atoms with Crippen LogP contribution >= 0.6 is 24.0 Å². The number of nitrogens with two attached hydrogens (primary N) is 1. The summed E-state index contributed by atoms with van der Waals surface area (Å²) in [6.45, 7) is 3.55. The van der Waals surface area contributed by atoms with Crippen molar-refractivity contribution < 1.29 is 4.74 Å². The molecule has 0 amide bonds. The van der Waals surface area contributed by atoms with Crippen LogP contribution in [0.1, 0.15) is 0 Å². The molecule has 2 rings (SSSR count). The Morgan fingerprint density at radius 1 is 1.44 bits per heavy atom. The third kappa shape index (κ3) is 4.24. The Morgan fingerprint density at radius 2 is 2.22 bits per heavy atom. The molecule has 0 radical (unpaired) electrons. The average Bonchev–Trinajstić information content (AvgIpc) is 2.40. The SMILES string of the molecule is NC(=S)C1CN(CCSc2ccccc2)CCO1. The van der Waals surface area contributed by atoms with E-state index in [1.165, 1.54) is 4.90 Å². The van der Waals surface area contributed by atoms with Gasteiger partial charge in [0.15, 0.2) is 0 Å². The number of morpholine rings is 1. The molecule has 0 aromatic heterocycles. The van der Waals surface area contributed by atoms with Gasteiger partial charge in [0.2, 0.25) is 0 Å². The predicted molar refractivity (Wildman–Crippen MR) is 80.1 cm³/mol. The molecule has 1 saturated heterocycles. The highest BCUT2D eigenvalue weighted by Gasteiger charge is 2.21. The zero-order valence-electron chi connectivity index (χ0n) is 10.2. The van der Waals surface area contributed by atoms with Crippen LogP contribution in [-0.2, 0) is 4.74 Å². The number of thiocarbonyl (C=S) groups is 1. The third-order valence-corrected chi connectivity index (χ3v) is 4.14. The molecular weight excluding hydrogens is 264 g/mol. The van der Waals surface area contributed by atoms with Gasteiger partial charge in [0.1, 0.15) is 11.1 Å². The summed E-state index contributed by atoms with van der Waals surface area (Å²) >= 11 is 6.86. The Kier molecular flexibility index (Phi) is 5.44. The van der Waals surface area contributed by atoms with Crippen LogP contribution in [0, 0.1) is 0 Å². The number of ether oxygens (including phenoxy) is 1. The molecule has 0 aliphatic carbocycles. The number of thioether (sulfide) groups is 1. The number of benzene rings is 1. The summed E-state index contributed by atoms with van der Waals surface area (Å²) in [5.74, 6) is 1.08. The number of hydrogen-bond acceptors (Lipinski definition) is 4. The van der Waals surface area contributed by atoms with Gasteiger partial charge in [-0.15, -0.1) is 11.8 Å². The average molecular weight is 282 g/mol. The molecule has 1 aromatic rings. The molecular formula is C13H18N2OS2. The van der Waals surface area contributed by atoms with Crippen LogP contribution in [0.4, 0.5) is 0 Å². The molecule has 1 aliphatic rings. The Balaban J connectivity index is 1.72. The molecule has 1 unspecified atom stereocenters. The van der Waals surface area contributed by atoms with Crippen LogP contribution in [0.15, 0.2) is 35.2 Å². The van der Waals surface area contributed by atoms with Gasteiger partial charge in [-0.3, -0.25) is 4.90 Å². The fraction of sp³-hybridized carbons (Fsp3) is 0.462. The predicted octanol–water partition coefficient (Wildman–Crippen LogP) is 1.77. The van der Waals surface area contributed by atoms with Crippen molar-refractivity contribution in [3.05, 3.63) is 30.3 Å². The van der Waals surface area contributed by atoms with E-state index in [2.05, 4.69) is 29.2 Å². The summed E-state index contributed by atoms with van der Waals surface area (Å²) in [4.78, 5) is 4.15. The summed E-state index contributed by atoms with van der Waals surface area (Å²) in [6.07, 6.45) is -0.0736. The fourth-order valence-corrected chi connectivity index (χ4v) is 2.96. The molecule has 98 valence electrons. The minimum atomic E-state index is -0.0736. The Bertz CT molecular complexity index is 386. The minimum absolute atomic E-state index is 0.0736. The van der Waals surface area contributed by atoms with Crippen LogP contribution in [0.3, 0.4) is 0 Å². The lowest BCUT2D eigenvalue weighted by Gasteiger charge is -2.32. The molecule has 0 spiro atoms. The molecule has 0 saturated carbocycles. The third-order valence-electron chi connectivity index (χ3n) is 2.89. The van der Waals surface area contributed by atoms with Crippen LogP contribution in [0.2, 0.25) is 0 Å². The summed E-state index contributed by atoms with van der Waals surface area (Å²) in [5, 5.41) is 0. The summed E-state index contributed by atoms with van der Waals surface area (Å²) in [7, 11) is 0. The largest absolute Gasteiger partial charge is 0.391 e. The minimum Gasteiger partial charge on any atom is -0.391 e. The van der Waals surface area contributed by atoms with E-state index in [0.717, 1.165) is 32.0 Å². The van der Waals surface area contributed by atoms with Gasteiger partial charge in [0, 0.05) is 30.3 Å². The van der Waals surface area contributed by atoms with Gasteiger partial charge >= 0.3 is 0 Å². The van der Waals surface area contributed by atoms with Gasteiger partial charge in [-0.25, -0.2) is 0 Å². The molecule has 1 atom stereocenters. The van der Waals surface area contributed by atoms with Gasteiger partial charge in [0.05, 0.1) is 6.61 Å². The van der Waals surface area contributed by atoms with Gasteiger partial charge < -0.3 is 10.5 Å². The molecule has 18 heavy (non-hydrogen) atoms. The van der Waals surface area contributed by atoms with Gasteiger partial charge in [0.25, 0.3) is 0 Å². The van der Waals surface area contributed by atoms with Crippen molar-refractivity contribution in [2.45, 2.75) is 11.0 Å². The maximum atomic E-state index is 5.62. The van der Waals surface area contributed by atoms with Crippen molar-refractivity contribution in [3.8, 4) is 0 Å². The maximum absolute atomic E-state index is 5.62. The molecule has 2 N–H and O–H groups in total. The van der Waals surface area contributed by atoms with Gasteiger partial charge in [-0.05, 0) is 12.1 Å². The van der Waals surface area contributed by atoms with Crippen molar-refractivity contribution >= 4 is 29.0 Å². The first kappa shape index (κ1) is 13.8. The van der Waals surface area contributed by atoms with E-state index in [9.17, 15) is 0 Å². The van der Waals surface area contributed by atoms with Crippen molar-refractivity contribution in [1.29, 1.82) is 0 Å². The molecule has 1 aromatic carbocycles. The number of nitrogens with zero attached hydrogens (tertiary/aromatic N) is 1. The quantitative estimate of drug-likeness (QED) is 0.658. The fourth-order valence-electron chi connectivity index (χ4n) is 1.89. The van der Waals surface area contributed by atoms with E-state index in [1.807, 2.05) is 17.8 Å². The smallest absolute Gasteiger partial charge is 0.120 e. The Hall–Kier alpha value is -0.620. The van der Waals surface area contributed by atoms with E-state index in [4.69, 9.17) is 22.7 Å². The summed E-state index contributed by atoms with van der Waals surface area (Å²) in [6, 6.07) is 10.5. The molecule has 5 heteroatoms. The molecule has 1 fully saturated rings. The molecule has 1 heterocycles. The highest BCUT2D eigenvalue weighted by molar-refractivity contribution is 7.99. The van der Waals surface area contributed by atoms with Crippen LogP contribution < -0.4 is 5.73 Å². The molecule has 0 bridgehead atoms. The van der Waals surface area contributed by atoms with Crippen molar-refractivity contribution in [2.75, 3.05) is 32.0 Å². The monoisotopic (exact) mass is 282 g/mol. The highest BCUT2D eigenvalue weighted by atomic mass is 32.2. The van der Waals surface area contributed by atoms with Crippen molar-refractivity contribution in [3.63, 3.8) is 0 Å². The van der Waals surface area contributed by atoms with Crippen LogP contribution in [0.5, 0.6) is 0 Å². The first-order valence-corrected chi connectivity index (χ1v) is 7.46. The second-order valence-electron chi connectivity index (χ2n) is 4.22. The van der Waals surface area contributed by atoms with E-state index >= 15 is 0 Å². The number of rotatable bonds is 5. The lowest BCUT2D eigenvalue weighted by atomic mass is 10.3. The standard InChI is InChI=1S/C13H18N2OS2/c14-13(17)12-10-15(6-8-16-12)7-9-18-11-4-2-1-3-5-11/h1-5,12H,6-10H2,(H2,14,17). The zero-order valence-corrected chi connectivity index (χ0v) is 11.9. The topological polar surface area (TPSA) is 38.5 Å². The van der Waals surface area contributed by atoms with E-state index < -0.39 is 0 Å². The van der Waals surface area contributed by atoms with Gasteiger partial charge in [-0.2, -0.15) is 0 Å².